The molecule has 96 valence electrons. The molecule has 0 amide bonds. The van der Waals surface area contributed by atoms with Gasteiger partial charge in [-0.2, -0.15) is 5.26 Å². The summed E-state index contributed by atoms with van der Waals surface area (Å²) >= 11 is 5.96. The molecule has 1 aromatic carbocycles. The zero-order valence-corrected chi connectivity index (χ0v) is 11.2. The Hall–Kier alpha value is -1.24. The number of hydrogen-bond acceptors (Lipinski definition) is 3. The lowest BCUT2D eigenvalue weighted by atomic mass is 9.81. The van der Waals surface area contributed by atoms with Gasteiger partial charge >= 0.3 is 0 Å². The number of nitrogens with zero attached hydrogens (tertiary/aromatic N) is 1. The fourth-order valence-corrected chi connectivity index (χ4v) is 2.70. The van der Waals surface area contributed by atoms with E-state index in [-0.39, 0.29) is 6.10 Å². The summed E-state index contributed by atoms with van der Waals surface area (Å²) in [7, 11) is 1.71. The van der Waals surface area contributed by atoms with Gasteiger partial charge in [-0.05, 0) is 37.5 Å². The maximum absolute atomic E-state index is 9.48. The third-order valence-corrected chi connectivity index (χ3v) is 3.70. The molecule has 2 atom stereocenters. The fraction of sp³-hybridized carbons (Fsp3) is 0.500. The first-order chi connectivity index (χ1) is 8.67. The molecule has 0 aromatic heterocycles. The van der Waals surface area contributed by atoms with E-state index in [1.165, 1.54) is 0 Å². The molecule has 18 heavy (non-hydrogen) atoms. The minimum Gasteiger partial charge on any atom is -0.381 e. The standard InChI is InChI=1S/C14H17ClN2O/c1-18-13-6-3-7-14(9-13,10-16)17-12-5-2-4-11(15)8-12/h2,4-5,8,13,17H,3,6-7,9H2,1H3. The van der Waals surface area contributed by atoms with Crippen molar-refractivity contribution in [1.29, 1.82) is 5.26 Å². The van der Waals surface area contributed by atoms with Crippen LogP contribution in [0.15, 0.2) is 24.3 Å². The van der Waals surface area contributed by atoms with Gasteiger partial charge < -0.3 is 10.1 Å². The zero-order valence-electron chi connectivity index (χ0n) is 10.4. The molecule has 0 saturated heterocycles. The van der Waals surface area contributed by atoms with E-state index in [1.807, 2.05) is 24.3 Å². The van der Waals surface area contributed by atoms with Gasteiger partial charge in [0.1, 0.15) is 5.54 Å². The molecule has 1 fully saturated rings. The predicted molar refractivity (Wildman–Crippen MR) is 72.7 cm³/mol. The monoisotopic (exact) mass is 264 g/mol. The third kappa shape index (κ3) is 2.95. The summed E-state index contributed by atoms with van der Waals surface area (Å²) in [6.07, 6.45) is 3.74. The number of hydrogen-bond donors (Lipinski definition) is 1. The summed E-state index contributed by atoms with van der Waals surface area (Å²) in [4.78, 5) is 0. The summed E-state index contributed by atoms with van der Waals surface area (Å²) in [6, 6.07) is 9.90. The van der Waals surface area contributed by atoms with Crippen molar-refractivity contribution >= 4 is 17.3 Å². The Morgan fingerprint density at radius 2 is 2.39 bits per heavy atom. The van der Waals surface area contributed by atoms with E-state index in [4.69, 9.17) is 16.3 Å². The molecule has 0 radical (unpaired) electrons. The largest absolute Gasteiger partial charge is 0.381 e. The van der Waals surface area contributed by atoms with Gasteiger partial charge in [0.25, 0.3) is 0 Å². The highest BCUT2D eigenvalue weighted by atomic mass is 35.5. The molecule has 0 heterocycles. The van der Waals surface area contributed by atoms with Crippen LogP contribution in [0.25, 0.3) is 0 Å². The van der Waals surface area contributed by atoms with E-state index in [0.29, 0.717) is 11.4 Å². The summed E-state index contributed by atoms with van der Waals surface area (Å²) in [6.45, 7) is 0. The van der Waals surface area contributed by atoms with Crippen LogP contribution in [0.1, 0.15) is 25.7 Å². The van der Waals surface area contributed by atoms with Crippen LogP contribution in [0.5, 0.6) is 0 Å². The summed E-state index contributed by atoms with van der Waals surface area (Å²) in [5, 5.41) is 13.5. The lowest BCUT2D eigenvalue weighted by Gasteiger charge is -2.36. The predicted octanol–water partition coefficient (Wildman–Crippen LogP) is 3.60. The highest BCUT2D eigenvalue weighted by Crippen LogP contribution is 2.33. The van der Waals surface area contributed by atoms with Gasteiger partial charge in [-0.1, -0.05) is 17.7 Å². The van der Waals surface area contributed by atoms with Gasteiger partial charge in [0.15, 0.2) is 0 Å². The van der Waals surface area contributed by atoms with Crippen LogP contribution in [0.4, 0.5) is 5.69 Å². The van der Waals surface area contributed by atoms with Crippen LogP contribution in [-0.2, 0) is 4.74 Å². The summed E-state index contributed by atoms with van der Waals surface area (Å²) < 4.78 is 5.39. The van der Waals surface area contributed by atoms with Crippen LogP contribution in [-0.4, -0.2) is 18.8 Å². The molecule has 1 saturated carbocycles. The molecular weight excluding hydrogens is 248 g/mol. The number of ether oxygens (including phenoxy) is 1. The van der Waals surface area contributed by atoms with Crippen molar-refractivity contribution in [1.82, 2.24) is 0 Å². The number of nitriles is 1. The average Bonchev–Trinajstić information content (AvgIpc) is 2.39. The van der Waals surface area contributed by atoms with Crippen molar-refractivity contribution in [2.24, 2.45) is 0 Å². The number of benzene rings is 1. The number of halogens is 1. The van der Waals surface area contributed by atoms with E-state index in [9.17, 15) is 5.26 Å². The average molecular weight is 265 g/mol. The second-order valence-corrected chi connectivity index (χ2v) is 5.22. The van der Waals surface area contributed by atoms with Crippen LogP contribution in [0.2, 0.25) is 5.02 Å². The highest BCUT2D eigenvalue weighted by Gasteiger charge is 2.36. The highest BCUT2D eigenvalue weighted by molar-refractivity contribution is 6.30. The van der Waals surface area contributed by atoms with Crippen molar-refractivity contribution in [3.8, 4) is 6.07 Å². The second-order valence-electron chi connectivity index (χ2n) is 4.78. The smallest absolute Gasteiger partial charge is 0.127 e. The Balaban J connectivity index is 2.16. The number of anilines is 1. The Morgan fingerprint density at radius 3 is 3.06 bits per heavy atom. The van der Waals surface area contributed by atoms with E-state index >= 15 is 0 Å². The molecule has 1 N–H and O–H groups in total. The SMILES string of the molecule is COC1CCCC(C#N)(Nc2cccc(Cl)c2)C1. The molecule has 1 aliphatic rings. The maximum atomic E-state index is 9.48. The molecule has 4 heteroatoms. The van der Waals surface area contributed by atoms with E-state index in [2.05, 4.69) is 11.4 Å². The lowest BCUT2D eigenvalue weighted by Crippen LogP contribution is -2.43. The topological polar surface area (TPSA) is 45.0 Å². The van der Waals surface area contributed by atoms with Gasteiger partial charge in [0.05, 0.1) is 12.2 Å². The van der Waals surface area contributed by atoms with Gasteiger partial charge in [-0.15, -0.1) is 0 Å². The van der Waals surface area contributed by atoms with Crippen molar-refractivity contribution in [3.63, 3.8) is 0 Å². The quantitative estimate of drug-likeness (QED) is 0.907. The van der Waals surface area contributed by atoms with E-state index < -0.39 is 5.54 Å². The molecule has 2 unspecified atom stereocenters. The molecule has 0 aliphatic heterocycles. The number of nitrogens with one attached hydrogen (secondary N) is 1. The Bertz CT molecular complexity index is 457. The lowest BCUT2D eigenvalue weighted by molar-refractivity contribution is 0.0569. The van der Waals surface area contributed by atoms with Crippen molar-refractivity contribution in [2.45, 2.75) is 37.3 Å². The van der Waals surface area contributed by atoms with Crippen LogP contribution in [0, 0.1) is 11.3 Å². The minimum atomic E-state index is -0.538. The second kappa shape index (κ2) is 5.60. The van der Waals surface area contributed by atoms with E-state index in [1.54, 1.807) is 7.11 Å². The van der Waals surface area contributed by atoms with Crippen LogP contribution in [0.3, 0.4) is 0 Å². The van der Waals surface area contributed by atoms with E-state index in [0.717, 1.165) is 24.9 Å². The first-order valence-electron chi connectivity index (χ1n) is 6.15. The van der Waals surface area contributed by atoms with Crippen molar-refractivity contribution in [3.05, 3.63) is 29.3 Å². The molecular formula is C14H17ClN2O. The summed E-state index contributed by atoms with van der Waals surface area (Å²) in [5.41, 5.74) is 0.352. The molecule has 1 aliphatic carbocycles. The van der Waals surface area contributed by atoms with Crippen LogP contribution >= 0.6 is 11.6 Å². The zero-order chi connectivity index (χ0) is 13.0. The van der Waals surface area contributed by atoms with Crippen molar-refractivity contribution in [2.75, 3.05) is 12.4 Å². The fourth-order valence-electron chi connectivity index (χ4n) is 2.51. The molecule has 0 bridgehead atoms. The Kier molecular flexibility index (Phi) is 4.11. The maximum Gasteiger partial charge on any atom is 0.127 e. The van der Waals surface area contributed by atoms with Gasteiger partial charge in [-0.25, -0.2) is 0 Å². The van der Waals surface area contributed by atoms with Crippen molar-refractivity contribution < 1.29 is 4.74 Å². The molecule has 3 nitrogen and oxygen atoms in total. The first kappa shape index (κ1) is 13.2. The molecule has 2 rings (SSSR count). The Labute approximate surface area is 113 Å². The number of rotatable bonds is 3. The van der Waals surface area contributed by atoms with Gasteiger partial charge in [0.2, 0.25) is 0 Å². The molecule has 1 aromatic rings. The Morgan fingerprint density at radius 1 is 1.56 bits per heavy atom. The third-order valence-electron chi connectivity index (χ3n) is 3.46. The number of methoxy groups -OCH3 is 1. The summed E-state index contributed by atoms with van der Waals surface area (Å²) in [5.74, 6) is 0. The minimum absolute atomic E-state index is 0.157. The van der Waals surface area contributed by atoms with Crippen LogP contribution < -0.4 is 5.32 Å². The van der Waals surface area contributed by atoms with Gasteiger partial charge in [0, 0.05) is 24.2 Å². The van der Waals surface area contributed by atoms with Gasteiger partial charge in [-0.3, -0.25) is 0 Å². The normalized spacial score (nSPS) is 27.5. The first-order valence-corrected chi connectivity index (χ1v) is 6.53. The molecule has 0 spiro atoms.